The predicted octanol–water partition coefficient (Wildman–Crippen LogP) is 4.39. The Hall–Kier alpha value is -3.67. The Morgan fingerprint density at radius 3 is 2.27 bits per heavy atom. The zero-order valence-corrected chi connectivity index (χ0v) is 20.4. The van der Waals surface area contributed by atoms with Gasteiger partial charge in [0.15, 0.2) is 23.3 Å². The summed E-state index contributed by atoms with van der Waals surface area (Å²) in [5.74, 6) is -3.30. The Balaban J connectivity index is 1.46. The molecule has 2 fully saturated rings. The summed E-state index contributed by atoms with van der Waals surface area (Å²) in [5.41, 5.74) is -0.248. The van der Waals surface area contributed by atoms with Crippen molar-refractivity contribution in [2.24, 2.45) is 0 Å². The first-order chi connectivity index (χ1) is 17.6. The van der Waals surface area contributed by atoms with Crippen molar-refractivity contribution >= 4 is 32.6 Å². The molecule has 0 atom stereocenters. The van der Waals surface area contributed by atoms with Gasteiger partial charge in [0.2, 0.25) is 0 Å². The van der Waals surface area contributed by atoms with Crippen LogP contribution in [0.2, 0.25) is 0 Å². The third-order valence-corrected chi connectivity index (χ3v) is 8.63. The van der Waals surface area contributed by atoms with Crippen LogP contribution in [-0.2, 0) is 10.0 Å². The van der Waals surface area contributed by atoms with Crippen molar-refractivity contribution in [3.05, 3.63) is 77.5 Å². The summed E-state index contributed by atoms with van der Waals surface area (Å²) in [7, 11) is -4.35. The average Bonchev–Trinajstić information content (AvgIpc) is 3.48. The largest absolute Gasteiger partial charge is 0.350 e. The normalized spacial score (nSPS) is 17.1. The smallest absolute Gasteiger partial charge is 0.283 e. The molecule has 1 saturated heterocycles. The zero-order chi connectivity index (χ0) is 26.1. The summed E-state index contributed by atoms with van der Waals surface area (Å²) >= 11 is 0. The molecule has 1 spiro atoms. The molecule has 2 aliphatic rings. The van der Waals surface area contributed by atoms with Gasteiger partial charge in [0, 0.05) is 25.7 Å². The number of benzene rings is 2. The molecule has 1 aliphatic carbocycles. The summed E-state index contributed by atoms with van der Waals surface area (Å²) < 4.78 is 85.6. The topological polar surface area (TPSA) is 71.3 Å². The number of hydrogen-bond donors (Lipinski definition) is 0. The molecule has 0 amide bonds. The van der Waals surface area contributed by atoms with Crippen molar-refractivity contribution in [1.29, 1.82) is 0 Å². The molecule has 0 radical (unpaired) electrons. The van der Waals surface area contributed by atoms with Crippen LogP contribution in [0.15, 0.2) is 53.6 Å². The van der Waals surface area contributed by atoms with Crippen LogP contribution in [0.3, 0.4) is 0 Å². The Labute approximate surface area is 210 Å². The number of fused-ring (bicyclic) bond motifs is 1. The van der Waals surface area contributed by atoms with Gasteiger partial charge in [-0.15, -0.1) is 9.19 Å². The highest BCUT2D eigenvalue weighted by Crippen LogP contribution is 2.49. The van der Waals surface area contributed by atoms with Crippen molar-refractivity contribution in [2.45, 2.75) is 30.2 Å². The van der Waals surface area contributed by atoms with Crippen LogP contribution in [0.4, 0.5) is 29.2 Å². The Bertz CT molecular complexity index is 1650. The van der Waals surface area contributed by atoms with Gasteiger partial charge in [-0.1, -0.05) is 17.7 Å². The van der Waals surface area contributed by atoms with E-state index in [2.05, 4.69) is 10.1 Å². The molecule has 2 aromatic carbocycles. The Morgan fingerprint density at radius 1 is 0.892 bits per heavy atom. The number of aryl methyl sites for hydroxylation is 1. The van der Waals surface area contributed by atoms with Crippen LogP contribution in [-0.4, -0.2) is 47.8 Å². The maximum absolute atomic E-state index is 15.2. The van der Waals surface area contributed by atoms with Crippen molar-refractivity contribution in [3.63, 3.8) is 0 Å². The molecule has 3 heterocycles. The lowest BCUT2D eigenvalue weighted by Gasteiger charge is -2.43. The fraction of sp³-hybridized carbons (Fsp3) is 0.280. The molecule has 7 nitrogen and oxygen atoms in total. The van der Waals surface area contributed by atoms with Crippen molar-refractivity contribution in [2.75, 3.05) is 29.4 Å². The maximum atomic E-state index is 15.2. The minimum atomic E-state index is -4.35. The van der Waals surface area contributed by atoms with E-state index in [1.165, 1.54) is 12.1 Å². The molecular formula is C25H21F4N5O2S. The Morgan fingerprint density at radius 2 is 1.59 bits per heavy atom. The average molecular weight is 532 g/mol. The summed E-state index contributed by atoms with van der Waals surface area (Å²) in [6.45, 7) is 2.52. The van der Waals surface area contributed by atoms with E-state index in [1.807, 2.05) is 0 Å². The summed E-state index contributed by atoms with van der Waals surface area (Å²) in [5, 5.41) is 4.05. The van der Waals surface area contributed by atoms with E-state index in [-0.39, 0.29) is 41.6 Å². The molecule has 0 unspecified atom stereocenters. The van der Waals surface area contributed by atoms with Gasteiger partial charge in [-0.25, -0.2) is 22.5 Å². The standard InChI is InChI=1S/C25H21F4N5O2S/c1-15-2-4-17(5-3-15)37(35,36)34-22-19(28)7-6-18(27)21(22)24(31-34)33-11-10-32(14-25(33)8-9-25)23-20(29)12-16(26)13-30-23/h2-7,12-13H,8-11,14H2,1H3. The lowest BCUT2D eigenvalue weighted by molar-refractivity contribution is 0.489. The number of hydrogen-bond acceptors (Lipinski definition) is 6. The van der Waals surface area contributed by atoms with Crippen LogP contribution in [0.25, 0.3) is 10.9 Å². The lowest BCUT2D eigenvalue weighted by atomic mass is 10.1. The van der Waals surface area contributed by atoms with E-state index in [4.69, 9.17) is 0 Å². The van der Waals surface area contributed by atoms with Crippen molar-refractivity contribution in [1.82, 2.24) is 14.2 Å². The second kappa shape index (κ2) is 8.17. The van der Waals surface area contributed by atoms with E-state index in [1.54, 1.807) is 28.9 Å². The number of pyridine rings is 1. The minimum absolute atomic E-state index is 0.00175. The number of rotatable bonds is 4. The third-order valence-electron chi connectivity index (χ3n) is 7.05. The van der Waals surface area contributed by atoms with Crippen LogP contribution >= 0.6 is 0 Å². The monoisotopic (exact) mass is 531 g/mol. The Kier molecular flexibility index (Phi) is 5.23. The minimum Gasteiger partial charge on any atom is -0.350 e. The van der Waals surface area contributed by atoms with Crippen molar-refractivity contribution in [3.8, 4) is 0 Å². The van der Waals surface area contributed by atoms with Crippen LogP contribution < -0.4 is 9.80 Å². The van der Waals surface area contributed by atoms with Crippen LogP contribution in [0.5, 0.6) is 0 Å². The third kappa shape index (κ3) is 3.73. The number of piperazine rings is 1. The van der Waals surface area contributed by atoms with Gasteiger partial charge in [0.25, 0.3) is 10.0 Å². The summed E-state index contributed by atoms with van der Waals surface area (Å²) in [6.07, 6.45) is 2.22. The molecule has 2 aromatic heterocycles. The predicted molar refractivity (Wildman–Crippen MR) is 129 cm³/mol. The number of halogens is 4. The van der Waals surface area contributed by atoms with Gasteiger partial charge < -0.3 is 9.80 Å². The quantitative estimate of drug-likeness (QED) is 0.364. The number of aromatic nitrogens is 3. The number of nitrogens with zero attached hydrogens (tertiary/aromatic N) is 5. The second-order valence-corrected chi connectivity index (χ2v) is 11.3. The van der Waals surface area contributed by atoms with E-state index in [9.17, 15) is 17.2 Å². The van der Waals surface area contributed by atoms with Crippen LogP contribution in [0, 0.1) is 30.2 Å². The van der Waals surface area contributed by atoms with Gasteiger partial charge in [-0.3, -0.25) is 0 Å². The summed E-state index contributed by atoms with van der Waals surface area (Å²) in [4.78, 5) is 7.24. The van der Waals surface area contributed by atoms with Gasteiger partial charge in [0.05, 0.1) is 22.0 Å². The molecule has 192 valence electrons. The molecule has 4 aromatic rings. The first kappa shape index (κ1) is 23.7. The van der Waals surface area contributed by atoms with Gasteiger partial charge >= 0.3 is 0 Å². The van der Waals surface area contributed by atoms with Crippen molar-refractivity contribution < 1.29 is 26.0 Å². The molecular weight excluding hydrogens is 510 g/mol. The van der Waals surface area contributed by atoms with Gasteiger partial charge in [-0.05, 0) is 44.0 Å². The SMILES string of the molecule is Cc1ccc(S(=O)(=O)n2nc(N3CCN(c4ncc(F)cc4F)CC34CC4)c3c(F)ccc(F)c32)cc1. The number of anilines is 2. The molecule has 0 N–H and O–H groups in total. The maximum Gasteiger partial charge on any atom is 0.283 e. The fourth-order valence-electron chi connectivity index (χ4n) is 5.00. The van der Waals surface area contributed by atoms with E-state index < -0.39 is 44.3 Å². The molecule has 12 heteroatoms. The molecule has 0 bridgehead atoms. The lowest BCUT2D eigenvalue weighted by Crippen LogP contribution is -2.56. The zero-order valence-electron chi connectivity index (χ0n) is 19.6. The highest BCUT2D eigenvalue weighted by molar-refractivity contribution is 7.90. The first-order valence-corrected chi connectivity index (χ1v) is 13.1. The summed E-state index contributed by atoms with van der Waals surface area (Å²) in [6, 6.07) is 8.57. The van der Waals surface area contributed by atoms with E-state index >= 15 is 8.78 Å². The first-order valence-electron chi connectivity index (χ1n) is 11.6. The van der Waals surface area contributed by atoms with Gasteiger partial charge in [-0.2, -0.15) is 8.42 Å². The molecule has 6 rings (SSSR count). The highest BCUT2D eigenvalue weighted by Gasteiger charge is 2.53. The van der Waals surface area contributed by atoms with Crippen LogP contribution in [0.1, 0.15) is 18.4 Å². The molecule has 1 aliphatic heterocycles. The second-order valence-electron chi connectivity index (χ2n) is 9.49. The fourth-order valence-corrected chi connectivity index (χ4v) is 6.28. The molecule has 37 heavy (non-hydrogen) atoms. The van der Waals surface area contributed by atoms with Gasteiger partial charge in [0.1, 0.15) is 17.2 Å². The van der Waals surface area contributed by atoms with E-state index in [0.717, 1.165) is 30.0 Å². The van der Waals surface area contributed by atoms with E-state index in [0.29, 0.717) is 16.9 Å². The molecule has 1 saturated carbocycles. The highest BCUT2D eigenvalue weighted by atomic mass is 32.2.